The summed E-state index contributed by atoms with van der Waals surface area (Å²) in [5, 5.41) is 3.24. The second kappa shape index (κ2) is 7.21. The molecule has 1 saturated heterocycles. The lowest BCUT2D eigenvalue weighted by Crippen LogP contribution is -2.34. The van der Waals surface area contributed by atoms with Gasteiger partial charge in [-0.1, -0.05) is 6.07 Å². The highest BCUT2D eigenvalue weighted by molar-refractivity contribution is 7.89. The summed E-state index contributed by atoms with van der Waals surface area (Å²) in [5.74, 6) is -0.120. The van der Waals surface area contributed by atoms with Crippen molar-refractivity contribution < 1.29 is 13.2 Å². The average Bonchev–Trinajstić information content (AvgIpc) is 2.74. The van der Waals surface area contributed by atoms with Gasteiger partial charge < -0.3 is 10.2 Å². The molecule has 1 heterocycles. The van der Waals surface area contributed by atoms with Crippen molar-refractivity contribution in [2.45, 2.75) is 31.2 Å². The Kier molecular flexibility index (Phi) is 5.55. The topological polar surface area (TPSA) is 78.5 Å². The third-order valence-electron chi connectivity index (χ3n) is 3.41. The maximum Gasteiger partial charge on any atom is 0.253 e. The van der Waals surface area contributed by atoms with Crippen molar-refractivity contribution in [1.82, 2.24) is 14.9 Å². The van der Waals surface area contributed by atoms with Crippen molar-refractivity contribution >= 4 is 15.9 Å². The molecule has 1 amide bonds. The minimum atomic E-state index is -3.59. The Labute approximate surface area is 131 Å². The van der Waals surface area contributed by atoms with Crippen LogP contribution in [0.15, 0.2) is 29.2 Å². The largest absolute Gasteiger partial charge is 0.337 e. The fourth-order valence-corrected chi connectivity index (χ4v) is 3.70. The number of carbonyl (C=O) groups is 1. The lowest BCUT2D eigenvalue weighted by molar-refractivity contribution is 0.0766. The van der Waals surface area contributed by atoms with Crippen molar-refractivity contribution in [3.63, 3.8) is 0 Å². The molecule has 1 fully saturated rings. The van der Waals surface area contributed by atoms with Gasteiger partial charge in [0.15, 0.2) is 0 Å². The Hall–Kier alpha value is -1.44. The summed E-state index contributed by atoms with van der Waals surface area (Å²) in [6.07, 6.45) is 0.901. The molecule has 2 rings (SSSR count). The van der Waals surface area contributed by atoms with Crippen molar-refractivity contribution in [1.29, 1.82) is 0 Å². The summed E-state index contributed by atoms with van der Waals surface area (Å²) >= 11 is 0. The van der Waals surface area contributed by atoms with Gasteiger partial charge in [-0.25, -0.2) is 13.1 Å². The van der Waals surface area contributed by atoms with Crippen LogP contribution >= 0.6 is 0 Å². The number of hydrogen-bond acceptors (Lipinski definition) is 4. The van der Waals surface area contributed by atoms with Crippen LogP contribution in [0.2, 0.25) is 0 Å². The molecule has 0 aromatic heterocycles. The molecule has 2 N–H and O–H groups in total. The molecule has 0 radical (unpaired) electrons. The summed E-state index contributed by atoms with van der Waals surface area (Å²) in [4.78, 5) is 14.4. The number of nitrogens with one attached hydrogen (secondary N) is 2. The zero-order valence-corrected chi connectivity index (χ0v) is 13.8. The molecule has 1 aliphatic heterocycles. The van der Waals surface area contributed by atoms with Gasteiger partial charge in [0.05, 0.1) is 4.90 Å². The van der Waals surface area contributed by atoms with E-state index in [1.807, 2.05) is 0 Å². The highest BCUT2D eigenvalue weighted by Crippen LogP contribution is 2.14. The van der Waals surface area contributed by atoms with Gasteiger partial charge in [-0.3, -0.25) is 4.79 Å². The molecule has 0 saturated carbocycles. The van der Waals surface area contributed by atoms with Crippen LogP contribution in [0.1, 0.15) is 30.6 Å². The number of carbonyl (C=O) groups excluding carboxylic acids is 1. The Morgan fingerprint density at radius 3 is 2.77 bits per heavy atom. The molecule has 0 spiro atoms. The zero-order valence-electron chi connectivity index (χ0n) is 13.0. The fraction of sp³-hybridized carbons (Fsp3) is 0.533. The van der Waals surface area contributed by atoms with Gasteiger partial charge in [0, 0.05) is 31.2 Å². The number of rotatable bonds is 4. The predicted molar refractivity (Wildman–Crippen MR) is 85.3 cm³/mol. The minimum absolute atomic E-state index is 0.120. The minimum Gasteiger partial charge on any atom is -0.337 e. The van der Waals surface area contributed by atoms with Gasteiger partial charge in [0.25, 0.3) is 5.91 Å². The smallest absolute Gasteiger partial charge is 0.253 e. The van der Waals surface area contributed by atoms with E-state index in [0.717, 1.165) is 19.5 Å². The van der Waals surface area contributed by atoms with Crippen molar-refractivity contribution in [3.8, 4) is 0 Å². The molecule has 0 unspecified atom stereocenters. The first-order valence-electron chi connectivity index (χ1n) is 7.52. The van der Waals surface area contributed by atoms with E-state index in [1.165, 1.54) is 12.1 Å². The van der Waals surface area contributed by atoms with Gasteiger partial charge in [-0.15, -0.1) is 0 Å². The van der Waals surface area contributed by atoms with Gasteiger partial charge in [-0.2, -0.15) is 0 Å². The van der Waals surface area contributed by atoms with Crippen molar-refractivity contribution in [2.24, 2.45) is 0 Å². The van der Waals surface area contributed by atoms with Crippen LogP contribution in [-0.2, 0) is 10.0 Å². The first-order chi connectivity index (χ1) is 10.4. The summed E-state index contributed by atoms with van der Waals surface area (Å²) < 4.78 is 26.9. The second-order valence-electron chi connectivity index (χ2n) is 5.70. The summed E-state index contributed by atoms with van der Waals surface area (Å²) in [6.45, 7) is 6.51. The molecule has 0 bridgehead atoms. The van der Waals surface area contributed by atoms with Crippen molar-refractivity contribution in [3.05, 3.63) is 29.8 Å². The molecule has 7 heteroatoms. The van der Waals surface area contributed by atoms with E-state index >= 15 is 0 Å². The Bertz CT molecular complexity index is 621. The Morgan fingerprint density at radius 1 is 1.27 bits per heavy atom. The quantitative estimate of drug-likeness (QED) is 0.859. The molecular formula is C15H23N3O3S. The van der Waals surface area contributed by atoms with E-state index in [2.05, 4.69) is 10.0 Å². The number of hydrogen-bond donors (Lipinski definition) is 2. The van der Waals surface area contributed by atoms with Gasteiger partial charge in [-0.05, 0) is 45.0 Å². The van der Waals surface area contributed by atoms with E-state index in [1.54, 1.807) is 30.9 Å². The van der Waals surface area contributed by atoms with Gasteiger partial charge >= 0.3 is 0 Å². The van der Waals surface area contributed by atoms with Crippen LogP contribution in [0, 0.1) is 0 Å². The monoisotopic (exact) mass is 325 g/mol. The third-order valence-corrected chi connectivity index (χ3v) is 5.07. The second-order valence-corrected chi connectivity index (χ2v) is 7.41. The van der Waals surface area contributed by atoms with E-state index in [4.69, 9.17) is 0 Å². The van der Waals surface area contributed by atoms with E-state index < -0.39 is 10.0 Å². The molecule has 6 nitrogen and oxygen atoms in total. The fourth-order valence-electron chi connectivity index (χ4n) is 2.41. The highest BCUT2D eigenvalue weighted by Gasteiger charge is 2.20. The molecular weight excluding hydrogens is 302 g/mol. The Morgan fingerprint density at radius 2 is 2.05 bits per heavy atom. The van der Waals surface area contributed by atoms with Crippen LogP contribution in [0.4, 0.5) is 0 Å². The van der Waals surface area contributed by atoms with Crippen LogP contribution in [0.5, 0.6) is 0 Å². The molecule has 0 atom stereocenters. The maximum atomic E-state index is 12.5. The lowest BCUT2D eigenvalue weighted by Gasteiger charge is -2.20. The van der Waals surface area contributed by atoms with Crippen LogP contribution in [0.3, 0.4) is 0 Å². The number of benzene rings is 1. The highest BCUT2D eigenvalue weighted by atomic mass is 32.2. The molecule has 1 aromatic rings. The first kappa shape index (κ1) is 16.9. The SMILES string of the molecule is CC(C)NS(=O)(=O)c1cccc(C(=O)N2CCCNCC2)c1. The third kappa shape index (κ3) is 4.28. The normalized spacial score (nSPS) is 16.6. The number of amides is 1. The van der Waals surface area contributed by atoms with Gasteiger partial charge in [0.1, 0.15) is 0 Å². The summed E-state index contributed by atoms with van der Waals surface area (Å²) in [6, 6.07) is 6.03. The van der Waals surface area contributed by atoms with Crippen LogP contribution in [0.25, 0.3) is 0 Å². The number of nitrogens with zero attached hydrogens (tertiary/aromatic N) is 1. The first-order valence-corrected chi connectivity index (χ1v) is 9.01. The Balaban J connectivity index is 2.22. The lowest BCUT2D eigenvalue weighted by atomic mass is 10.2. The molecule has 1 aliphatic rings. The van der Waals surface area contributed by atoms with E-state index in [9.17, 15) is 13.2 Å². The molecule has 22 heavy (non-hydrogen) atoms. The molecule has 122 valence electrons. The standard InChI is InChI=1S/C15H23N3O3S/c1-12(2)17-22(20,21)14-6-3-5-13(11-14)15(19)18-9-4-7-16-8-10-18/h3,5-6,11-12,16-17H,4,7-10H2,1-2H3. The van der Waals surface area contributed by atoms with Crippen LogP contribution in [-0.4, -0.2) is 51.4 Å². The molecule has 1 aromatic carbocycles. The average molecular weight is 325 g/mol. The van der Waals surface area contributed by atoms with E-state index in [0.29, 0.717) is 18.7 Å². The van der Waals surface area contributed by atoms with Gasteiger partial charge in [0.2, 0.25) is 10.0 Å². The van der Waals surface area contributed by atoms with E-state index in [-0.39, 0.29) is 16.8 Å². The van der Waals surface area contributed by atoms with Crippen molar-refractivity contribution in [2.75, 3.05) is 26.2 Å². The van der Waals surface area contributed by atoms with Crippen LogP contribution < -0.4 is 10.0 Å². The summed E-state index contributed by atoms with van der Waals surface area (Å²) in [5.41, 5.74) is 0.411. The predicted octanol–water partition coefficient (Wildman–Crippen LogP) is 0.809. The summed E-state index contributed by atoms with van der Waals surface area (Å²) in [7, 11) is -3.59. The maximum absolute atomic E-state index is 12.5. The zero-order chi connectivity index (χ0) is 16.2. The number of sulfonamides is 1. The molecule has 0 aliphatic carbocycles.